The fourth-order valence-electron chi connectivity index (χ4n) is 3.70. The van der Waals surface area contributed by atoms with Crippen LogP contribution in [0.15, 0.2) is 53.1 Å². The van der Waals surface area contributed by atoms with Crippen LogP contribution in [0.4, 0.5) is 0 Å². The topological polar surface area (TPSA) is 86.4 Å². The molecule has 1 amide bonds. The van der Waals surface area contributed by atoms with Crippen molar-refractivity contribution in [2.24, 2.45) is 0 Å². The average Bonchev–Trinajstić information content (AvgIpc) is 3.32. The highest BCUT2D eigenvalue weighted by atomic mass is 35.5. The number of nitrogens with zero attached hydrogens (tertiary/aromatic N) is 2. The molecular formula is C24H22ClN3O4. The van der Waals surface area contributed by atoms with Crippen LogP contribution in [0.1, 0.15) is 33.1 Å². The van der Waals surface area contributed by atoms with E-state index in [0.29, 0.717) is 33.3 Å². The first-order chi connectivity index (χ1) is 15.4. The van der Waals surface area contributed by atoms with Crippen molar-refractivity contribution in [3.8, 4) is 5.75 Å². The molecule has 0 bridgehead atoms. The number of hydrogen-bond donors (Lipinski definition) is 1. The van der Waals surface area contributed by atoms with Crippen molar-refractivity contribution in [2.45, 2.75) is 26.8 Å². The summed E-state index contributed by atoms with van der Waals surface area (Å²) in [5.74, 6) is 0.836. The van der Waals surface area contributed by atoms with Crippen molar-refractivity contribution >= 4 is 34.3 Å². The molecule has 0 spiro atoms. The van der Waals surface area contributed by atoms with Crippen LogP contribution in [0, 0.1) is 13.8 Å². The summed E-state index contributed by atoms with van der Waals surface area (Å²) in [5.41, 5.74) is 3.41. The molecule has 0 fully saturated rings. The standard InChI is InChI=1S/C24H22ClN3O4/c1-14-10-19(32-27-14)13-26-23(29)12-20-15(2)28(22-9-8-18(31-3)11-21(20)22)24(30)16-4-6-17(25)7-5-16/h4-11H,12-13H2,1-3H3,(H,26,29). The SMILES string of the molecule is COc1ccc2c(c1)c(CC(=O)NCc1cc(C)no1)c(C)n2C(=O)c1ccc(Cl)cc1. The minimum Gasteiger partial charge on any atom is -0.497 e. The first kappa shape index (κ1) is 21.6. The van der Waals surface area contributed by atoms with Gasteiger partial charge in [0.25, 0.3) is 5.91 Å². The predicted octanol–water partition coefficient (Wildman–Crippen LogP) is 4.46. The lowest BCUT2D eigenvalue weighted by Crippen LogP contribution is -2.24. The summed E-state index contributed by atoms with van der Waals surface area (Å²) in [6, 6.07) is 14.0. The van der Waals surface area contributed by atoms with E-state index in [1.165, 1.54) is 0 Å². The van der Waals surface area contributed by atoms with Crippen molar-refractivity contribution in [3.63, 3.8) is 0 Å². The van der Waals surface area contributed by atoms with E-state index in [-0.39, 0.29) is 24.8 Å². The lowest BCUT2D eigenvalue weighted by molar-refractivity contribution is -0.120. The molecule has 0 saturated heterocycles. The average molecular weight is 452 g/mol. The largest absolute Gasteiger partial charge is 0.497 e. The molecule has 0 saturated carbocycles. The number of hydrogen-bond acceptors (Lipinski definition) is 5. The number of aryl methyl sites for hydroxylation is 1. The van der Waals surface area contributed by atoms with E-state index < -0.39 is 0 Å². The van der Waals surface area contributed by atoms with Gasteiger partial charge in [0.15, 0.2) is 5.76 Å². The zero-order valence-electron chi connectivity index (χ0n) is 17.9. The Morgan fingerprint density at radius 1 is 1.12 bits per heavy atom. The summed E-state index contributed by atoms with van der Waals surface area (Å²) in [6.45, 7) is 3.89. The number of carbonyl (C=O) groups is 2. The molecule has 164 valence electrons. The summed E-state index contributed by atoms with van der Waals surface area (Å²) in [4.78, 5) is 26.0. The van der Waals surface area contributed by atoms with Crippen LogP contribution in [-0.2, 0) is 17.8 Å². The molecule has 0 aliphatic rings. The van der Waals surface area contributed by atoms with E-state index >= 15 is 0 Å². The van der Waals surface area contributed by atoms with Gasteiger partial charge in [-0.1, -0.05) is 16.8 Å². The molecule has 4 rings (SSSR count). The third-order valence-corrected chi connectivity index (χ3v) is 5.56. The number of aromatic nitrogens is 2. The summed E-state index contributed by atoms with van der Waals surface area (Å²) in [7, 11) is 1.58. The van der Waals surface area contributed by atoms with Gasteiger partial charge in [0.1, 0.15) is 5.75 Å². The van der Waals surface area contributed by atoms with Gasteiger partial charge in [-0.05, 0) is 61.9 Å². The number of rotatable bonds is 6. The highest BCUT2D eigenvalue weighted by molar-refractivity contribution is 6.30. The maximum absolute atomic E-state index is 13.3. The number of fused-ring (bicyclic) bond motifs is 1. The number of halogens is 1. The van der Waals surface area contributed by atoms with Gasteiger partial charge in [0, 0.05) is 27.7 Å². The van der Waals surface area contributed by atoms with Gasteiger partial charge < -0.3 is 14.6 Å². The fourth-order valence-corrected chi connectivity index (χ4v) is 3.83. The van der Waals surface area contributed by atoms with Crippen LogP contribution in [-0.4, -0.2) is 28.6 Å². The first-order valence-electron chi connectivity index (χ1n) is 10.0. The minimum atomic E-state index is -0.196. The van der Waals surface area contributed by atoms with Crippen molar-refractivity contribution in [1.29, 1.82) is 0 Å². The van der Waals surface area contributed by atoms with E-state index in [1.807, 2.05) is 26.0 Å². The van der Waals surface area contributed by atoms with E-state index in [1.54, 1.807) is 48.1 Å². The van der Waals surface area contributed by atoms with Crippen LogP contribution in [0.5, 0.6) is 5.75 Å². The molecule has 0 aliphatic heterocycles. The number of carbonyl (C=O) groups excluding carboxylic acids is 2. The number of nitrogens with one attached hydrogen (secondary N) is 1. The number of benzene rings is 2. The van der Waals surface area contributed by atoms with Gasteiger partial charge in [0.05, 0.1) is 31.3 Å². The summed E-state index contributed by atoms with van der Waals surface area (Å²) in [5, 5.41) is 8.01. The fraction of sp³-hybridized carbons (Fsp3) is 0.208. The molecule has 7 nitrogen and oxygen atoms in total. The number of methoxy groups -OCH3 is 1. The molecule has 0 aliphatic carbocycles. The second-order valence-electron chi connectivity index (χ2n) is 7.48. The number of amides is 1. The summed E-state index contributed by atoms with van der Waals surface area (Å²) >= 11 is 5.97. The molecule has 1 N–H and O–H groups in total. The Morgan fingerprint density at radius 2 is 1.88 bits per heavy atom. The zero-order chi connectivity index (χ0) is 22.8. The molecule has 8 heteroatoms. The first-order valence-corrected chi connectivity index (χ1v) is 10.4. The molecule has 2 heterocycles. The Morgan fingerprint density at radius 3 is 2.53 bits per heavy atom. The monoisotopic (exact) mass is 451 g/mol. The smallest absolute Gasteiger partial charge is 0.262 e. The molecule has 4 aromatic rings. The zero-order valence-corrected chi connectivity index (χ0v) is 18.7. The Balaban J connectivity index is 1.69. The Labute approximate surface area is 189 Å². The van der Waals surface area contributed by atoms with Crippen LogP contribution in [0.2, 0.25) is 5.02 Å². The Bertz CT molecular complexity index is 1310. The van der Waals surface area contributed by atoms with Gasteiger partial charge in [-0.2, -0.15) is 0 Å². The maximum Gasteiger partial charge on any atom is 0.262 e. The lowest BCUT2D eigenvalue weighted by atomic mass is 10.1. The van der Waals surface area contributed by atoms with E-state index in [4.69, 9.17) is 20.9 Å². The van der Waals surface area contributed by atoms with Crippen molar-refractivity contribution < 1.29 is 18.8 Å². The van der Waals surface area contributed by atoms with E-state index in [9.17, 15) is 9.59 Å². The van der Waals surface area contributed by atoms with Crippen LogP contribution in [0.3, 0.4) is 0 Å². The predicted molar refractivity (Wildman–Crippen MR) is 121 cm³/mol. The third kappa shape index (κ3) is 4.24. The normalized spacial score (nSPS) is 11.0. The molecule has 32 heavy (non-hydrogen) atoms. The molecule has 2 aromatic carbocycles. The molecule has 2 aromatic heterocycles. The lowest BCUT2D eigenvalue weighted by Gasteiger charge is -2.08. The molecule has 0 radical (unpaired) electrons. The third-order valence-electron chi connectivity index (χ3n) is 5.31. The quantitative estimate of drug-likeness (QED) is 0.468. The van der Waals surface area contributed by atoms with Gasteiger partial charge in [-0.25, -0.2) is 0 Å². The summed E-state index contributed by atoms with van der Waals surface area (Å²) < 4.78 is 12.1. The van der Waals surface area contributed by atoms with Gasteiger partial charge in [0.2, 0.25) is 5.91 Å². The second-order valence-corrected chi connectivity index (χ2v) is 7.92. The highest BCUT2D eigenvalue weighted by Gasteiger charge is 2.22. The van der Waals surface area contributed by atoms with Gasteiger partial charge in [-0.3, -0.25) is 14.2 Å². The second kappa shape index (κ2) is 8.88. The van der Waals surface area contributed by atoms with Crippen LogP contribution < -0.4 is 10.1 Å². The van der Waals surface area contributed by atoms with E-state index in [2.05, 4.69) is 10.5 Å². The maximum atomic E-state index is 13.3. The van der Waals surface area contributed by atoms with Gasteiger partial charge in [-0.15, -0.1) is 0 Å². The molecule has 0 atom stereocenters. The van der Waals surface area contributed by atoms with Gasteiger partial charge >= 0.3 is 0 Å². The van der Waals surface area contributed by atoms with Crippen LogP contribution in [0.25, 0.3) is 10.9 Å². The Kier molecular flexibility index (Phi) is 6.01. The van der Waals surface area contributed by atoms with Crippen LogP contribution >= 0.6 is 11.6 Å². The Hall–Kier alpha value is -3.58. The van der Waals surface area contributed by atoms with Crippen molar-refractivity contribution in [3.05, 3.63) is 81.8 Å². The van der Waals surface area contributed by atoms with E-state index in [0.717, 1.165) is 16.6 Å². The highest BCUT2D eigenvalue weighted by Crippen LogP contribution is 2.31. The number of ether oxygens (including phenoxy) is 1. The minimum absolute atomic E-state index is 0.101. The molecular weight excluding hydrogens is 430 g/mol. The van der Waals surface area contributed by atoms with Crippen molar-refractivity contribution in [1.82, 2.24) is 15.0 Å². The molecule has 0 unspecified atom stereocenters. The summed E-state index contributed by atoms with van der Waals surface area (Å²) in [6.07, 6.45) is 0.101. The van der Waals surface area contributed by atoms with Crippen molar-refractivity contribution in [2.75, 3.05) is 7.11 Å².